The van der Waals surface area contributed by atoms with Crippen molar-refractivity contribution in [1.29, 1.82) is 0 Å². The van der Waals surface area contributed by atoms with E-state index in [-0.39, 0.29) is 22.8 Å². The van der Waals surface area contributed by atoms with E-state index in [9.17, 15) is 14.7 Å². The molecule has 0 radical (unpaired) electrons. The van der Waals surface area contributed by atoms with Crippen LogP contribution in [-0.4, -0.2) is 16.9 Å². The third kappa shape index (κ3) is 6.31. The van der Waals surface area contributed by atoms with Gasteiger partial charge in [-0.05, 0) is 59.0 Å². The number of hydrogen-bond acceptors (Lipinski definition) is 3. The summed E-state index contributed by atoms with van der Waals surface area (Å²) in [6.45, 7) is 6.31. The smallest absolute Gasteiger partial charge is 0.272 e. The number of halogens is 1. The van der Waals surface area contributed by atoms with E-state index in [0.29, 0.717) is 11.3 Å². The van der Waals surface area contributed by atoms with Gasteiger partial charge >= 0.3 is 0 Å². The molecule has 3 aromatic rings. The molecule has 32 heavy (non-hydrogen) atoms. The van der Waals surface area contributed by atoms with Crippen LogP contribution in [0.2, 0.25) is 0 Å². The lowest BCUT2D eigenvalue weighted by Crippen LogP contribution is -2.30. The predicted octanol–water partition coefficient (Wildman–Crippen LogP) is 5.86. The van der Waals surface area contributed by atoms with Crippen molar-refractivity contribution in [2.45, 2.75) is 26.2 Å². The van der Waals surface area contributed by atoms with Gasteiger partial charge in [0, 0.05) is 21.8 Å². The zero-order valence-corrected chi connectivity index (χ0v) is 19.7. The second-order valence-electron chi connectivity index (χ2n) is 8.40. The Morgan fingerprint density at radius 3 is 2.19 bits per heavy atom. The summed E-state index contributed by atoms with van der Waals surface area (Å²) in [5.41, 5.74) is 2.79. The lowest BCUT2D eigenvalue weighted by Gasteiger charge is -2.19. The molecule has 0 saturated heterocycles. The number of carbonyl (C=O) groups excluding carboxylic acids is 2. The van der Waals surface area contributed by atoms with Gasteiger partial charge in [0.15, 0.2) is 0 Å². The Morgan fingerprint density at radius 2 is 1.59 bits per heavy atom. The average molecular weight is 493 g/mol. The molecule has 0 unspecified atom stereocenters. The monoisotopic (exact) mass is 492 g/mol. The van der Waals surface area contributed by atoms with Gasteiger partial charge in [0.2, 0.25) is 0 Å². The molecule has 6 heteroatoms. The molecule has 0 aromatic heterocycles. The summed E-state index contributed by atoms with van der Waals surface area (Å²) in [6, 6.07) is 20.9. The van der Waals surface area contributed by atoms with Crippen LogP contribution < -0.4 is 10.6 Å². The summed E-state index contributed by atoms with van der Waals surface area (Å²) >= 11 is 3.39. The molecule has 0 aliphatic heterocycles. The van der Waals surface area contributed by atoms with Crippen molar-refractivity contribution in [3.63, 3.8) is 0 Å². The summed E-state index contributed by atoms with van der Waals surface area (Å²) in [5.74, 6) is -0.859. The van der Waals surface area contributed by atoms with E-state index in [1.807, 2.05) is 36.4 Å². The lowest BCUT2D eigenvalue weighted by atomic mass is 9.87. The maximum atomic E-state index is 13.0. The molecular weight excluding hydrogens is 468 g/mol. The van der Waals surface area contributed by atoms with E-state index in [4.69, 9.17) is 0 Å². The van der Waals surface area contributed by atoms with E-state index in [0.717, 1.165) is 15.6 Å². The van der Waals surface area contributed by atoms with Gasteiger partial charge in [-0.2, -0.15) is 0 Å². The Morgan fingerprint density at radius 1 is 0.938 bits per heavy atom. The first-order valence-electron chi connectivity index (χ1n) is 10.1. The van der Waals surface area contributed by atoms with Crippen LogP contribution in [-0.2, 0) is 10.2 Å². The molecule has 0 spiro atoms. The number of nitrogens with one attached hydrogen (secondary N) is 2. The minimum absolute atomic E-state index is 0.0250. The molecule has 5 nitrogen and oxygen atoms in total. The topological polar surface area (TPSA) is 78.4 Å². The number of carbonyl (C=O) groups is 2. The zero-order chi connectivity index (χ0) is 23.3. The van der Waals surface area contributed by atoms with Gasteiger partial charge < -0.3 is 15.7 Å². The highest BCUT2D eigenvalue weighted by Gasteiger charge is 2.17. The van der Waals surface area contributed by atoms with Crippen molar-refractivity contribution in [2.75, 3.05) is 5.32 Å². The lowest BCUT2D eigenvalue weighted by molar-refractivity contribution is -0.113. The van der Waals surface area contributed by atoms with Gasteiger partial charge in [-0.15, -0.1) is 0 Å². The molecule has 3 rings (SSSR count). The Kier molecular flexibility index (Phi) is 7.15. The number of amides is 2. The second kappa shape index (κ2) is 9.83. The quantitative estimate of drug-likeness (QED) is 0.390. The van der Waals surface area contributed by atoms with Gasteiger partial charge in [-0.3, -0.25) is 9.59 Å². The van der Waals surface area contributed by atoms with E-state index in [1.54, 1.807) is 30.3 Å². The van der Waals surface area contributed by atoms with Crippen LogP contribution in [0.15, 0.2) is 83.0 Å². The van der Waals surface area contributed by atoms with E-state index in [1.165, 1.54) is 12.1 Å². The van der Waals surface area contributed by atoms with Crippen LogP contribution in [0.4, 0.5) is 5.69 Å². The largest absolute Gasteiger partial charge is 0.508 e. The summed E-state index contributed by atoms with van der Waals surface area (Å²) in [7, 11) is 0. The average Bonchev–Trinajstić information content (AvgIpc) is 2.74. The Labute approximate surface area is 196 Å². The van der Waals surface area contributed by atoms with Gasteiger partial charge in [-0.1, -0.05) is 67.0 Å². The minimum Gasteiger partial charge on any atom is -0.508 e. The molecule has 0 heterocycles. The first-order chi connectivity index (χ1) is 15.1. The number of rotatable bonds is 5. The normalized spacial score (nSPS) is 11.7. The predicted molar refractivity (Wildman–Crippen MR) is 131 cm³/mol. The Balaban J connectivity index is 1.87. The standard InChI is InChI=1S/C26H25BrN2O3/c1-26(2,3)19-11-9-18(10-12-19)24(31)29-23(15-17-7-13-20(27)14-8-17)25(32)28-21-5-4-6-22(30)16-21/h4-16,30H,1-3H3,(H,28,32)(H,29,31). The van der Waals surface area contributed by atoms with E-state index in [2.05, 4.69) is 47.3 Å². The van der Waals surface area contributed by atoms with Crippen molar-refractivity contribution < 1.29 is 14.7 Å². The molecule has 2 amide bonds. The number of phenols is 1. The van der Waals surface area contributed by atoms with Gasteiger partial charge in [0.05, 0.1) is 0 Å². The van der Waals surface area contributed by atoms with Crippen LogP contribution >= 0.6 is 15.9 Å². The van der Waals surface area contributed by atoms with Crippen LogP contribution in [0.3, 0.4) is 0 Å². The number of benzene rings is 3. The molecular formula is C26H25BrN2O3. The molecule has 0 saturated carbocycles. The molecule has 0 aliphatic rings. The Hall–Kier alpha value is -3.38. The zero-order valence-electron chi connectivity index (χ0n) is 18.1. The van der Waals surface area contributed by atoms with Gasteiger partial charge in [-0.25, -0.2) is 0 Å². The van der Waals surface area contributed by atoms with Crippen molar-refractivity contribution in [1.82, 2.24) is 5.32 Å². The first-order valence-corrected chi connectivity index (χ1v) is 10.9. The van der Waals surface area contributed by atoms with Crippen molar-refractivity contribution in [2.24, 2.45) is 0 Å². The maximum Gasteiger partial charge on any atom is 0.272 e. The SMILES string of the molecule is CC(C)(C)c1ccc(C(=O)NC(=Cc2ccc(Br)cc2)C(=O)Nc2cccc(O)c2)cc1. The number of anilines is 1. The highest BCUT2D eigenvalue weighted by atomic mass is 79.9. The summed E-state index contributed by atoms with van der Waals surface area (Å²) in [4.78, 5) is 25.9. The van der Waals surface area contributed by atoms with E-state index >= 15 is 0 Å². The first kappa shape index (κ1) is 23.3. The highest BCUT2D eigenvalue weighted by Crippen LogP contribution is 2.22. The fraction of sp³-hybridized carbons (Fsp3) is 0.154. The third-order valence-electron chi connectivity index (χ3n) is 4.79. The molecule has 3 N–H and O–H groups in total. The molecule has 3 aromatic carbocycles. The van der Waals surface area contributed by atoms with Crippen molar-refractivity contribution in [3.8, 4) is 5.75 Å². The van der Waals surface area contributed by atoms with Crippen LogP contribution in [0.1, 0.15) is 42.3 Å². The molecule has 0 atom stereocenters. The summed E-state index contributed by atoms with van der Waals surface area (Å²) in [6.07, 6.45) is 1.60. The van der Waals surface area contributed by atoms with Gasteiger partial charge in [0.25, 0.3) is 11.8 Å². The van der Waals surface area contributed by atoms with Crippen molar-refractivity contribution >= 4 is 39.5 Å². The molecule has 164 valence electrons. The van der Waals surface area contributed by atoms with Crippen LogP contribution in [0.5, 0.6) is 5.75 Å². The minimum atomic E-state index is -0.502. The van der Waals surface area contributed by atoms with Gasteiger partial charge in [0.1, 0.15) is 11.4 Å². The van der Waals surface area contributed by atoms with Crippen LogP contribution in [0.25, 0.3) is 6.08 Å². The molecule has 0 aliphatic carbocycles. The highest BCUT2D eigenvalue weighted by molar-refractivity contribution is 9.10. The van der Waals surface area contributed by atoms with Crippen LogP contribution in [0, 0.1) is 0 Å². The Bertz CT molecular complexity index is 1140. The second-order valence-corrected chi connectivity index (χ2v) is 9.31. The number of hydrogen-bond donors (Lipinski definition) is 3. The third-order valence-corrected chi connectivity index (χ3v) is 5.32. The summed E-state index contributed by atoms with van der Waals surface area (Å²) in [5, 5.41) is 15.1. The number of aromatic hydroxyl groups is 1. The van der Waals surface area contributed by atoms with E-state index < -0.39 is 5.91 Å². The number of phenolic OH excluding ortho intramolecular Hbond substituents is 1. The van der Waals surface area contributed by atoms with Crippen molar-refractivity contribution in [3.05, 3.63) is 99.7 Å². The molecule has 0 fully saturated rings. The summed E-state index contributed by atoms with van der Waals surface area (Å²) < 4.78 is 0.906. The molecule has 0 bridgehead atoms. The maximum absolute atomic E-state index is 13.0. The fourth-order valence-corrected chi connectivity index (χ4v) is 3.25. The fourth-order valence-electron chi connectivity index (χ4n) is 2.98.